The average molecular weight is 618 g/mol. The molecule has 2 amide bonds. The molecule has 0 radical (unpaired) electrons. The summed E-state index contributed by atoms with van der Waals surface area (Å²) >= 11 is 6.12. The number of rotatable bonds is 5. The van der Waals surface area contributed by atoms with Gasteiger partial charge in [0.1, 0.15) is 18.0 Å². The number of nitrogens with zero attached hydrogens (tertiary/aromatic N) is 5. The Bertz CT molecular complexity index is 1320. The van der Waals surface area contributed by atoms with Crippen molar-refractivity contribution in [3.63, 3.8) is 0 Å². The molecule has 3 aliphatic rings. The number of aromatic nitrogens is 1. The second-order valence-corrected chi connectivity index (χ2v) is 12.2. The molecule has 230 valence electrons. The highest BCUT2D eigenvalue weighted by molar-refractivity contribution is 6.30. The molecule has 3 fully saturated rings. The average Bonchev–Trinajstić information content (AvgIpc) is 3.46. The number of likely N-dealkylation sites (tertiary alicyclic amines) is 1. The maximum atomic E-state index is 13.7. The van der Waals surface area contributed by atoms with Crippen LogP contribution in [0.4, 0.5) is 23.8 Å². The van der Waals surface area contributed by atoms with Gasteiger partial charge in [0.2, 0.25) is 5.91 Å². The van der Waals surface area contributed by atoms with Crippen molar-refractivity contribution in [1.29, 1.82) is 5.26 Å². The summed E-state index contributed by atoms with van der Waals surface area (Å²) < 4.78 is 44.9. The molecule has 1 aromatic heterocycles. The first-order chi connectivity index (χ1) is 20.5. The van der Waals surface area contributed by atoms with Crippen LogP contribution >= 0.6 is 11.6 Å². The van der Waals surface area contributed by atoms with Gasteiger partial charge in [0.25, 0.3) is 0 Å². The number of carbonyl (C=O) groups is 2. The van der Waals surface area contributed by atoms with E-state index in [0.717, 1.165) is 11.4 Å². The summed E-state index contributed by atoms with van der Waals surface area (Å²) in [4.78, 5) is 36.8. The molecule has 8 nitrogen and oxygen atoms in total. The molecule has 3 heterocycles. The van der Waals surface area contributed by atoms with Gasteiger partial charge < -0.3 is 19.4 Å². The van der Waals surface area contributed by atoms with Gasteiger partial charge in [-0.15, -0.1) is 0 Å². The van der Waals surface area contributed by atoms with E-state index in [1.807, 2.05) is 23.1 Å². The molecule has 12 heteroatoms. The van der Waals surface area contributed by atoms with Crippen molar-refractivity contribution in [2.45, 2.75) is 62.8 Å². The Kier molecular flexibility index (Phi) is 9.35. The van der Waals surface area contributed by atoms with E-state index in [9.17, 15) is 22.8 Å². The monoisotopic (exact) mass is 617 g/mol. The van der Waals surface area contributed by atoms with E-state index in [1.54, 1.807) is 31.4 Å². The van der Waals surface area contributed by atoms with Crippen LogP contribution in [-0.4, -0.2) is 78.3 Å². The van der Waals surface area contributed by atoms with Crippen LogP contribution in [0.1, 0.15) is 55.6 Å². The maximum Gasteiger partial charge on any atom is 0.410 e. The lowest BCUT2D eigenvalue weighted by Gasteiger charge is -2.34. The largest absolute Gasteiger partial charge is 0.446 e. The zero-order valence-corrected chi connectivity index (χ0v) is 24.7. The number of amides is 2. The number of ether oxygens (including phenoxy) is 1. The highest BCUT2D eigenvalue weighted by Gasteiger charge is 2.44. The molecule has 0 bridgehead atoms. The number of halogens is 4. The Morgan fingerprint density at radius 2 is 1.70 bits per heavy atom. The van der Waals surface area contributed by atoms with Gasteiger partial charge in [-0.05, 0) is 68.4 Å². The highest BCUT2D eigenvalue weighted by atomic mass is 35.5. The van der Waals surface area contributed by atoms with Crippen molar-refractivity contribution in [1.82, 2.24) is 14.8 Å². The Balaban J connectivity index is 1.23. The molecule has 2 atom stereocenters. The molecule has 1 aliphatic carbocycles. The Labute approximate surface area is 254 Å². The maximum absolute atomic E-state index is 13.7. The summed E-state index contributed by atoms with van der Waals surface area (Å²) in [6.07, 6.45) is -2.26. The van der Waals surface area contributed by atoms with Gasteiger partial charge in [-0.2, -0.15) is 18.4 Å². The normalized spacial score (nSPS) is 24.8. The van der Waals surface area contributed by atoms with Gasteiger partial charge in [0, 0.05) is 56.3 Å². The van der Waals surface area contributed by atoms with Gasteiger partial charge in [-0.1, -0.05) is 23.7 Å². The quantitative estimate of drug-likeness (QED) is 0.408. The van der Waals surface area contributed by atoms with Crippen LogP contribution in [0.15, 0.2) is 42.6 Å². The Morgan fingerprint density at radius 1 is 1.02 bits per heavy atom. The summed E-state index contributed by atoms with van der Waals surface area (Å²) in [6.45, 7) is 2.08. The van der Waals surface area contributed by atoms with E-state index in [2.05, 4.69) is 16.0 Å². The number of likely N-dealkylation sites (N-methyl/N-ethyl adjacent to an activating group) is 1. The van der Waals surface area contributed by atoms with Gasteiger partial charge in [-0.3, -0.25) is 4.79 Å². The van der Waals surface area contributed by atoms with Crippen LogP contribution in [0, 0.1) is 23.2 Å². The van der Waals surface area contributed by atoms with E-state index in [1.165, 1.54) is 4.90 Å². The number of benzene rings is 1. The smallest absolute Gasteiger partial charge is 0.410 e. The van der Waals surface area contributed by atoms with Crippen LogP contribution in [0.3, 0.4) is 0 Å². The molecule has 0 spiro atoms. The zero-order chi connectivity index (χ0) is 30.7. The molecule has 0 unspecified atom stereocenters. The standard InChI is InChI=1S/C31H35ClF3N5O3/c1-38(30(42)43-25-9-5-23(6-10-25)31(33,34)35)27-19-40(18-26(27)21-3-7-24(32)8-4-21)29(41)22-12-14-39(15-13-22)28-11-2-20(16-36)17-37-28/h2-4,7-8,11,17,22-23,25-27H,5-6,9-10,12-15,18-19H2,1H3/t23?,25?,26-,27+/m1/s1. The minimum absolute atomic E-state index is 0.0427. The fraction of sp³-hybridized carbons (Fsp3) is 0.548. The molecule has 43 heavy (non-hydrogen) atoms. The van der Waals surface area contributed by atoms with Crippen LogP contribution in [0.5, 0.6) is 0 Å². The summed E-state index contributed by atoms with van der Waals surface area (Å²) in [5, 5.41) is 9.60. The van der Waals surface area contributed by atoms with Crippen molar-refractivity contribution >= 4 is 29.4 Å². The fourth-order valence-electron chi connectivity index (χ4n) is 6.52. The van der Waals surface area contributed by atoms with E-state index in [0.29, 0.717) is 49.6 Å². The third-order valence-electron chi connectivity index (χ3n) is 9.13. The van der Waals surface area contributed by atoms with Gasteiger partial charge in [-0.25, -0.2) is 9.78 Å². The second-order valence-electron chi connectivity index (χ2n) is 11.8. The predicted octanol–water partition coefficient (Wildman–Crippen LogP) is 6.01. The molecule has 1 saturated carbocycles. The number of hydrogen-bond acceptors (Lipinski definition) is 6. The fourth-order valence-corrected chi connectivity index (χ4v) is 6.64. The minimum Gasteiger partial charge on any atom is -0.446 e. The zero-order valence-electron chi connectivity index (χ0n) is 24.0. The first kappa shape index (κ1) is 30.9. The van der Waals surface area contributed by atoms with Crippen molar-refractivity contribution in [3.05, 3.63) is 58.7 Å². The molecule has 5 rings (SSSR count). The van der Waals surface area contributed by atoms with Crippen molar-refractivity contribution < 1.29 is 27.5 Å². The van der Waals surface area contributed by atoms with E-state index in [-0.39, 0.29) is 49.5 Å². The van der Waals surface area contributed by atoms with E-state index in [4.69, 9.17) is 21.6 Å². The minimum atomic E-state index is -4.23. The number of hydrogen-bond donors (Lipinski definition) is 0. The first-order valence-electron chi connectivity index (χ1n) is 14.7. The van der Waals surface area contributed by atoms with Gasteiger partial charge >= 0.3 is 12.3 Å². The molecule has 2 aliphatic heterocycles. The van der Waals surface area contributed by atoms with Crippen LogP contribution in [0.2, 0.25) is 5.02 Å². The van der Waals surface area contributed by atoms with Gasteiger partial charge in [0.05, 0.1) is 17.5 Å². The summed E-state index contributed by atoms with van der Waals surface area (Å²) in [5.41, 5.74) is 1.44. The van der Waals surface area contributed by atoms with Gasteiger partial charge in [0.15, 0.2) is 0 Å². The molecule has 2 aromatic rings. The van der Waals surface area contributed by atoms with Crippen molar-refractivity contribution in [2.24, 2.45) is 11.8 Å². The molecule has 1 aromatic carbocycles. The third kappa shape index (κ3) is 7.18. The Morgan fingerprint density at radius 3 is 2.28 bits per heavy atom. The van der Waals surface area contributed by atoms with Crippen LogP contribution in [0.25, 0.3) is 0 Å². The summed E-state index contributed by atoms with van der Waals surface area (Å²) in [5.74, 6) is -0.874. The topological polar surface area (TPSA) is 89.8 Å². The van der Waals surface area contributed by atoms with Crippen LogP contribution < -0.4 is 4.90 Å². The summed E-state index contributed by atoms with van der Waals surface area (Å²) in [7, 11) is 1.63. The number of carbonyl (C=O) groups excluding carboxylic acids is 2. The van der Waals surface area contributed by atoms with Crippen molar-refractivity contribution in [3.8, 4) is 6.07 Å². The highest BCUT2D eigenvalue weighted by Crippen LogP contribution is 2.39. The van der Waals surface area contributed by atoms with E-state index < -0.39 is 24.3 Å². The molecule has 0 N–H and O–H groups in total. The van der Waals surface area contributed by atoms with E-state index >= 15 is 0 Å². The lowest BCUT2D eigenvalue weighted by atomic mass is 9.87. The number of nitriles is 1. The predicted molar refractivity (Wildman–Crippen MR) is 154 cm³/mol. The third-order valence-corrected chi connectivity index (χ3v) is 9.39. The molecular formula is C31H35ClF3N5O3. The molecular weight excluding hydrogens is 583 g/mol. The summed E-state index contributed by atoms with van der Waals surface area (Å²) in [6, 6.07) is 12.6. The lowest BCUT2D eigenvalue weighted by Crippen LogP contribution is -2.45. The SMILES string of the molecule is CN(C(=O)OC1CCC(C(F)(F)F)CC1)[C@H]1CN(C(=O)C2CCN(c3ccc(C#N)cn3)CC2)C[C@@H]1c1ccc(Cl)cc1. The first-order valence-corrected chi connectivity index (χ1v) is 15.1. The van der Waals surface area contributed by atoms with Crippen LogP contribution in [-0.2, 0) is 9.53 Å². The lowest BCUT2D eigenvalue weighted by molar-refractivity contribution is -0.186. The Hall–Kier alpha value is -3.52. The number of anilines is 1. The second kappa shape index (κ2) is 13.0. The number of pyridine rings is 1. The number of alkyl halides is 3. The molecule has 2 saturated heterocycles. The number of piperidine rings is 1. The van der Waals surface area contributed by atoms with Crippen molar-refractivity contribution in [2.75, 3.05) is 38.1 Å².